The highest BCUT2D eigenvalue weighted by Gasteiger charge is 2.14. The number of carbonyl (C=O) groups is 1. The van der Waals surface area contributed by atoms with E-state index < -0.39 is 11.7 Å². The summed E-state index contributed by atoms with van der Waals surface area (Å²) in [6.45, 7) is 0. The molecule has 0 aliphatic rings. The lowest BCUT2D eigenvalue weighted by Gasteiger charge is -2.10. The third kappa shape index (κ3) is 3.13. The standard InChI is InChI=1S/C13H8Br2FNO2/c14-8-5-4-7(6-10(8)16)19-11-3-1-2-9(15)12(11)13(17)18/h1-6H,(H2,17,18). The average molecular weight is 389 g/mol. The number of carbonyl (C=O) groups excluding carboxylic acids is 1. The molecule has 0 fully saturated rings. The van der Waals surface area contributed by atoms with Crippen molar-refractivity contribution in [1.29, 1.82) is 0 Å². The molecule has 2 N–H and O–H groups in total. The average Bonchev–Trinajstić information content (AvgIpc) is 2.33. The molecule has 0 atom stereocenters. The Labute approximate surface area is 125 Å². The van der Waals surface area contributed by atoms with E-state index in [1.807, 2.05) is 0 Å². The highest BCUT2D eigenvalue weighted by atomic mass is 79.9. The topological polar surface area (TPSA) is 52.3 Å². The summed E-state index contributed by atoms with van der Waals surface area (Å²) >= 11 is 6.28. The van der Waals surface area contributed by atoms with Crippen LogP contribution in [0, 0.1) is 5.82 Å². The number of amides is 1. The number of ether oxygens (including phenoxy) is 1. The van der Waals surface area contributed by atoms with Crippen molar-refractivity contribution in [2.75, 3.05) is 0 Å². The molecule has 98 valence electrons. The van der Waals surface area contributed by atoms with Crippen LogP contribution in [-0.4, -0.2) is 5.91 Å². The van der Waals surface area contributed by atoms with Crippen molar-refractivity contribution in [2.24, 2.45) is 5.73 Å². The first-order chi connectivity index (χ1) is 8.99. The summed E-state index contributed by atoms with van der Waals surface area (Å²) in [6.07, 6.45) is 0. The molecule has 0 spiro atoms. The van der Waals surface area contributed by atoms with Gasteiger partial charge in [-0.3, -0.25) is 4.79 Å². The van der Waals surface area contributed by atoms with Gasteiger partial charge < -0.3 is 10.5 Å². The van der Waals surface area contributed by atoms with E-state index in [4.69, 9.17) is 10.5 Å². The summed E-state index contributed by atoms with van der Waals surface area (Å²) in [5, 5.41) is 0. The summed E-state index contributed by atoms with van der Waals surface area (Å²) in [5.41, 5.74) is 5.51. The minimum absolute atomic E-state index is 0.214. The molecule has 0 aliphatic heterocycles. The largest absolute Gasteiger partial charge is 0.456 e. The van der Waals surface area contributed by atoms with Crippen molar-refractivity contribution in [3.8, 4) is 11.5 Å². The molecule has 2 rings (SSSR count). The molecule has 0 aliphatic carbocycles. The minimum Gasteiger partial charge on any atom is -0.456 e. The molecular formula is C13H8Br2FNO2. The second-order valence-electron chi connectivity index (χ2n) is 3.66. The van der Waals surface area contributed by atoms with Gasteiger partial charge in [0.1, 0.15) is 17.3 Å². The second kappa shape index (κ2) is 5.71. The molecule has 19 heavy (non-hydrogen) atoms. The van der Waals surface area contributed by atoms with Gasteiger partial charge in [0.2, 0.25) is 0 Å². The van der Waals surface area contributed by atoms with E-state index in [-0.39, 0.29) is 17.1 Å². The SMILES string of the molecule is NC(=O)c1c(Br)cccc1Oc1ccc(Br)c(F)c1. The number of halogens is 3. The number of primary amides is 1. The first-order valence-electron chi connectivity index (χ1n) is 5.20. The molecule has 0 unspecified atom stereocenters. The number of benzene rings is 2. The summed E-state index contributed by atoms with van der Waals surface area (Å²) in [5.74, 6) is -0.530. The fourth-order valence-corrected chi connectivity index (χ4v) is 2.29. The minimum atomic E-state index is -0.625. The Kier molecular flexibility index (Phi) is 4.21. The van der Waals surface area contributed by atoms with Crippen LogP contribution in [-0.2, 0) is 0 Å². The molecule has 0 saturated heterocycles. The van der Waals surface area contributed by atoms with Gasteiger partial charge in [-0.05, 0) is 56.1 Å². The zero-order valence-electron chi connectivity index (χ0n) is 9.49. The van der Waals surface area contributed by atoms with Crippen LogP contribution in [0.2, 0.25) is 0 Å². The van der Waals surface area contributed by atoms with Crippen LogP contribution in [0.4, 0.5) is 4.39 Å². The molecule has 0 saturated carbocycles. The van der Waals surface area contributed by atoms with Crippen LogP contribution in [0.1, 0.15) is 10.4 Å². The van der Waals surface area contributed by atoms with Gasteiger partial charge >= 0.3 is 0 Å². The number of hydrogen-bond donors (Lipinski definition) is 1. The first kappa shape index (κ1) is 14.0. The lowest BCUT2D eigenvalue weighted by Crippen LogP contribution is -2.13. The van der Waals surface area contributed by atoms with Gasteiger partial charge in [0.15, 0.2) is 0 Å². The van der Waals surface area contributed by atoms with E-state index in [1.165, 1.54) is 12.1 Å². The molecule has 6 heteroatoms. The third-order valence-electron chi connectivity index (χ3n) is 2.34. The van der Waals surface area contributed by atoms with Gasteiger partial charge in [-0.25, -0.2) is 4.39 Å². The molecular weight excluding hydrogens is 381 g/mol. The van der Waals surface area contributed by atoms with Crippen LogP contribution in [0.5, 0.6) is 11.5 Å². The quantitative estimate of drug-likeness (QED) is 0.854. The molecule has 2 aromatic rings. The van der Waals surface area contributed by atoms with Crippen LogP contribution < -0.4 is 10.5 Å². The monoisotopic (exact) mass is 387 g/mol. The Balaban J connectivity index is 2.40. The van der Waals surface area contributed by atoms with E-state index >= 15 is 0 Å². The Morgan fingerprint density at radius 3 is 2.53 bits per heavy atom. The van der Waals surface area contributed by atoms with Crippen LogP contribution in [0.25, 0.3) is 0 Å². The molecule has 0 bridgehead atoms. The van der Waals surface area contributed by atoms with E-state index in [0.29, 0.717) is 8.95 Å². The Morgan fingerprint density at radius 2 is 1.89 bits per heavy atom. The predicted octanol–water partition coefficient (Wildman–Crippen LogP) is 4.24. The van der Waals surface area contributed by atoms with Gasteiger partial charge in [-0.1, -0.05) is 6.07 Å². The predicted molar refractivity (Wildman–Crippen MR) is 76.8 cm³/mol. The maximum atomic E-state index is 13.4. The number of nitrogens with two attached hydrogens (primary N) is 1. The third-order valence-corrected chi connectivity index (χ3v) is 3.64. The molecule has 0 radical (unpaired) electrons. The van der Waals surface area contributed by atoms with Gasteiger partial charge in [-0.15, -0.1) is 0 Å². The molecule has 3 nitrogen and oxygen atoms in total. The van der Waals surface area contributed by atoms with Crippen molar-refractivity contribution < 1.29 is 13.9 Å². The van der Waals surface area contributed by atoms with Crippen molar-refractivity contribution in [1.82, 2.24) is 0 Å². The van der Waals surface area contributed by atoms with Crippen LogP contribution >= 0.6 is 31.9 Å². The van der Waals surface area contributed by atoms with Crippen molar-refractivity contribution in [2.45, 2.75) is 0 Å². The maximum absolute atomic E-state index is 13.4. The van der Waals surface area contributed by atoms with Crippen LogP contribution in [0.15, 0.2) is 45.3 Å². The lowest BCUT2D eigenvalue weighted by atomic mass is 10.2. The Bertz CT molecular complexity index is 647. The fraction of sp³-hybridized carbons (Fsp3) is 0. The highest BCUT2D eigenvalue weighted by molar-refractivity contribution is 9.10. The first-order valence-corrected chi connectivity index (χ1v) is 6.79. The van der Waals surface area contributed by atoms with E-state index in [1.54, 1.807) is 24.3 Å². The highest BCUT2D eigenvalue weighted by Crippen LogP contribution is 2.31. The summed E-state index contributed by atoms with van der Waals surface area (Å²) < 4.78 is 19.7. The lowest BCUT2D eigenvalue weighted by molar-refractivity contribution is 0.0997. The second-order valence-corrected chi connectivity index (χ2v) is 5.36. The Hall–Kier alpha value is -1.40. The zero-order chi connectivity index (χ0) is 14.0. The van der Waals surface area contributed by atoms with Gasteiger partial charge in [0.25, 0.3) is 5.91 Å². The van der Waals surface area contributed by atoms with E-state index in [2.05, 4.69) is 31.9 Å². The van der Waals surface area contributed by atoms with Crippen LogP contribution in [0.3, 0.4) is 0 Å². The van der Waals surface area contributed by atoms with Crippen molar-refractivity contribution >= 4 is 37.8 Å². The van der Waals surface area contributed by atoms with Gasteiger partial charge in [0, 0.05) is 10.5 Å². The maximum Gasteiger partial charge on any atom is 0.253 e. The summed E-state index contributed by atoms with van der Waals surface area (Å²) in [4.78, 5) is 11.4. The Morgan fingerprint density at radius 1 is 1.16 bits per heavy atom. The number of rotatable bonds is 3. The molecule has 0 heterocycles. The fourth-order valence-electron chi connectivity index (χ4n) is 1.50. The smallest absolute Gasteiger partial charge is 0.253 e. The van der Waals surface area contributed by atoms with Crippen molar-refractivity contribution in [3.63, 3.8) is 0 Å². The van der Waals surface area contributed by atoms with Gasteiger partial charge in [-0.2, -0.15) is 0 Å². The van der Waals surface area contributed by atoms with Crippen molar-refractivity contribution in [3.05, 3.63) is 56.7 Å². The number of hydrogen-bond acceptors (Lipinski definition) is 2. The van der Waals surface area contributed by atoms with E-state index in [9.17, 15) is 9.18 Å². The molecule has 0 aromatic heterocycles. The summed E-state index contributed by atoms with van der Waals surface area (Å²) in [7, 11) is 0. The molecule has 2 aromatic carbocycles. The van der Waals surface area contributed by atoms with Gasteiger partial charge in [0.05, 0.1) is 10.0 Å². The normalized spacial score (nSPS) is 10.3. The zero-order valence-corrected chi connectivity index (χ0v) is 12.7. The molecule has 1 amide bonds. The van der Waals surface area contributed by atoms with E-state index in [0.717, 1.165) is 0 Å². The summed E-state index contributed by atoms with van der Waals surface area (Å²) in [6, 6.07) is 9.28.